The number of anilines is 1. The maximum absolute atomic E-state index is 14.3. The third kappa shape index (κ3) is 4.68. The number of nitrogens with one attached hydrogen (secondary N) is 1. The molecule has 0 saturated carbocycles. The third-order valence-corrected chi connectivity index (χ3v) is 4.47. The average molecular weight is 416 g/mol. The van der Waals surface area contributed by atoms with Crippen molar-refractivity contribution in [1.82, 2.24) is 20.3 Å². The minimum Gasteiger partial charge on any atom is -0.444 e. The van der Waals surface area contributed by atoms with Crippen molar-refractivity contribution in [3.8, 4) is 0 Å². The van der Waals surface area contributed by atoms with Gasteiger partial charge < -0.3 is 15.0 Å². The van der Waals surface area contributed by atoms with Crippen LogP contribution in [0.3, 0.4) is 0 Å². The summed E-state index contributed by atoms with van der Waals surface area (Å²) < 4.78 is 19.6. The molecule has 0 aliphatic carbocycles. The van der Waals surface area contributed by atoms with Crippen molar-refractivity contribution < 1.29 is 13.9 Å². The number of carbonyl (C=O) groups is 1. The Balaban J connectivity index is 1.84. The van der Waals surface area contributed by atoms with E-state index >= 15 is 0 Å². The second kappa shape index (κ2) is 7.59. The summed E-state index contributed by atoms with van der Waals surface area (Å²) in [6, 6.07) is -0.137. The number of ether oxygens (including phenoxy) is 1. The number of carbonyl (C=O) groups excluding carboxylic acids is 1. The number of nitrogens with zero attached hydrogens (tertiary/aromatic N) is 4. The van der Waals surface area contributed by atoms with Crippen molar-refractivity contribution in [2.45, 2.75) is 45.3 Å². The summed E-state index contributed by atoms with van der Waals surface area (Å²) in [7, 11) is 0. The number of pyridine rings is 1. The van der Waals surface area contributed by atoms with Gasteiger partial charge in [-0.05, 0) is 45.2 Å². The molecule has 27 heavy (non-hydrogen) atoms. The highest BCUT2D eigenvalue weighted by Gasteiger charge is 2.27. The maximum Gasteiger partial charge on any atom is 0.407 e. The average Bonchev–Trinajstić information content (AvgIpc) is 2.56. The molecular formula is C17H20Cl2FN5O2. The Morgan fingerprint density at radius 1 is 1.37 bits per heavy atom. The molecule has 2 aromatic rings. The van der Waals surface area contributed by atoms with E-state index in [-0.39, 0.29) is 22.0 Å². The van der Waals surface area contributed by atoms with Gasteiger partial charge in [-0.3, -0.25) is 0 Å². The number of rotatable bonds is 2. The maximum atomic E-state index is 14.3. The van der Waals surface area contributed by atoms with Crippen LogP contribution >= 0.6 is 23.2 Å². The van der Waals surface area contributed by atoms with Crippen LogP contribution in [0.1, 0.15) is 33.6 Å². The van der Waals surface area contributed by atoms with Gasteiger partial charge in [0.2, 0.25) is 5.28 Å². The van der Waals surface area contributed by atoms with Crippen molar-refractivity contribution in [2.75, 3.05) is 18.0 Å². The Hall–Kier alpha value is -1.93. The molecule has 1 aliphatic rings. The highest BCUT2D eigenvalue weighted by atomic mass is 35.5. The number of alkyl carbamates (subject to hydrolysis) is 1. The molecule has 0 aromatic carbocycles. The Bertz CT molecular complexity index is 875. The smallest absolute Gasteiger partial charge is 0.407 e. The summed E-state index contributed by atoms with van der Waals surface area (Å²) in [6.45, 7) is 6.58. The lowest BCUT2D eigenvalue weighted by atomic mass is 10.1. The molecule has 146 valence electrons. The number of amides is 1. The molecule has 3 heterocycles. The Labute approximate surface area is 166 Å². The zero-order valence-electron chi connectivity index (χ0n) is 15.2. The summed E-state index contributed by atoms with van der Waals surface area (Å²) in [5.41, 5.74) is -0.552. The fourth-order valence-corrected chi connectivity index (χ4v) is 3.30. The van der Waals surface area contributed by atoms with Crippen molar-refractivity contribution in [3.63, 3.8) is 0 Å². The molecular weight excluding hydrogens is 396 g/mol. The van der Waals surface area contributed by atoms with Crippen LogP contribution in [-0.2, 0) is 4.74 Å². The number of hydrogen-bond acceptors (Lipinski definition) is 6. The second-order valence-corrected chi connectivity index (χ2v) is 8.07. The third-order valence-electron chi connectivity index (χ3n) is 4.04. The number of hydrogen-bond donors (Lipinski definition) is 1. The van der Waals surface area contributed by atoms with Crippen LogP contribution < -0.4 is 10.2 Å². The number of piperidine rings is 1. The van der Waals surface area contributed by atoms with E-state index in [2.05, 4.69) is 20.3 Å². The zero-order valence-corrected chi connectivity index (χ0v) is 16.7. The summed E-state index contributed by atoms with van der Waals surface area (Å²) in [5.74, 6) is -0.274. The monoisotopic (exact) mass is 415 g/mol. The van der Waals surface area contributed by atoms with E-state index < -0.39 is 17.5 Å². The van der Waals surface area contributed by atoms with Crippen molar-refractivity contribution in [2.24, 2.45) is 0 Å². The first-order valence-corrected chi connectivity index (χ1v) is 9.31. The molecule has 1 aliphatic heterocycles. The SMILES string of the molecule is CC(C)(C)OC(=O)N[C@H]1CCCN(c2nc(Cl)nc3c(F)c(Cl)ncc23)C1. The van der Waals surface area contributed by atoms with Gasteiger partial charge in [0, 0.05) is 25.3 Å². The largest absolute Gasteiger partial charge is 0.444 e. The van der Waals surface area contributed by atoms with Gasteiger partial charge in [-0.1, -0.05) is 11.6 Å². The minimum absolute atomic E-state index is 0.0206. The second-order valence-electron chi connectivity index (χ2n) is 7.37. The molecule has 1 atom stereocenters. The molecule has 3 rings (SSSR count). The van der Waals surface area contributed by atoms with E-state index in [0.29, 0.717) is 24.3 Å². The van der Waals surface area contributed by atoms with E-state index in [4.69, 9.17) is 27.9 Å². The van der Waals surface area contributed by atoms with Crippen LogP contribution in [0.25, 0.3) is 10.9 Å². The molecule has 0 unspecified atom stereocenters. The quantitative estimate of drug-likeness (QED) is 0.590. The van der Waals surface area contributed by atoms with Crippen LogP contribution in [-0.4, -0.2) is 45.8 Å². The van der Waals surface area contributed by atoms with Crippen molar-refractivity contribution in [3.05, 3.63) is 22.5 Å². The molecule has 0 radical (unpaired) electrons. The van der Waals surface area contributed by atoms with Crippen LogP contribution in [0.2, 0.25) is 10.4 Å². The van der Waals surface area contributed by atoms with E-state index in [1.165, 1.54) is 6.20 Å². The lowest BCUT2D eigenvalue weighted by molar-refractivity contribution is 0.0500. The topological polar surface area (TPSA) is 80.2 Å². The first-order valence-electron chi connectivity index (χ1n) is 8.56. The highest BCUT2D eigenvalue weighted by Crippen LogP contribution is 2.30. The van der Waals surface area contributed by atoms with E-state index in [1.54, 1.807) is 0 Å². The first-order chi connectivity index (χ1) is 12.6. The standard InChI is InChI=1S/C17H20Cl2FN5O2/c1-17(2,3)27-16(26)22-9-5-4-6-25(8-9)14-10-7-21-13(18)11(20)12(10)23-15(19)24-14/h7,9H,4-6,8H2,1-3H3,(H,22,26)/t9-/m0/s1. The molecule has 1 fully saturated rings. The zero-order chi connectivity index (χ0) is 19.8. The van der Waals surface area contributed by atoms with Gasteiger partial charge >= 0.3 is 6.09 Å². The summed E-state index contributed by atoms with van der Waals surface area (Å²) in [4.78, 5) is 26.0. The van der Waals surface area contributed by atoms with Gasteiger partial charge in [0.05, 0.1) is 5.39 Å². The Morgan fingerprint density at radius 2 is 2.11 bits per heavy atom. The van der Waals surface area contributed by atoms with Crippen LogP contribution in [0, 0.1) is 5.82 Å². The minimum atomic E-state index is -0.736. The molecule has 1 N–H and O–H groups in total. The molecule has 10 heteroatoms. The van der Waals surface area contributed by atoms with Crippen LogP contribution in [0.5, 0.6) is 0 Å². The lowest BCUT2D eigenvalue weighted by Crippen LogP contribution is -2.49. The molecule has 7 nitrogen and oxygen atoms in total. The molecule has 0 spiro atoms. The van der Waals surface area contributed by atoms with E-state index in [0.717, 1.165) is 12.8 Å². The van der Waals surface area contributed by atoms with Crippen molar-refractivity contribution in [1.29, 1.82) is 0 Å². The van der Waals surface area contributed by atoms with Gasteiger partial charge in [-0.25, -0.2) is 19.2 Å². The fraction of sp³-hybridized carbons (Fsp3) is 0.529. The predicted molar refractivity (Wildman–Crippen MR) is 102 cm³/mol. The van der Waals surface area contributed by atoms with Crippen molar-refractivity contribution >= 4 is 46.0 Å². The van der Waals surface area contributed by atoms with Gasteiger partial charge in [-0.2, -0.15) is 4.98 Å². The first kappa shape index (κ1) is 19.8. The normalized spacial score (nSPS) is 17.9. The molecule has 2 aromatic heterocycles. The number of aromatic nitrogens is 3. The summed E-state index contributed by atoms with van der Waals surface area (Å²) in [5, 5.41) is 2.93. The van der Waals surface area contributed by atoms with Gasteiger partial charge in [0.1, 0.15) is 16.9 Å². The Morgan fingerprint density at radius 3 is 2.81 bits per heavy atom. The van der Waals surface area contributed by atoms with Crippen LogP contribution in [0.4, 0.5) is 15.0 Å². The predicted octanol–water partition coefficient (Wildman–Crippen LogP) is 3.96. The van der Waals surface area contributed by atoms with Crippen LogP contribution in [0.15, 0.2) is 6.20 Å². The summed E-state index contributed by atoms with van der Waals surface area (Å²) in [6.07, 6.45) is 2.56. The van der Waals surface area contributed by atoms with Gasteiger partial charge in [0.15, 0.2) is 11.0 Å². The lowest BCUT2D eigenvalue weighted by Gasteiger charge is -2.34. The van der Waals surface area contributed by atoms with E-state index in [9.17, 15) is 9.18 Å². The van der Waals surface area contributed by atoms with E-state index in [1.807, 2.05) is 25.7 Å². The highest BCUT2D eigenvalue weighted by molar-refractivity contribution is 6.30. The molecule has 1 saturated heterocycles. The summed E-state index contributed by atoms with van der Waals surface area (Å²) >= 11 is 11.7. The molecule has 1 amide bonds. The number of halogens is 3. The Kier molecular flexibility index (Phi) is 5.58. The van der Waals surface area contributed by atoms with Gasteiger partial charge in [-0.15, -0.1) is 0 Å². The van der Waals surface area contributed by atoms with Gasteiger partial charge in [0.25, 0.3) is 0 Å². The number of fused-ring (bicyclic) bond motifs is 1. The molecule has 0 bridgehead atoms. The fourth-order valence-electron chi connectivity index (χ4n) is 3.00.